The number of carbonyl (C=O) groups is 6. The zero-order valence-corrected chi connectivity index (χ0v) is 15.9. The summed E-state index contributed by atoms with van der Waals surface area (Å²) in [5, 5.41) is 0. The van der Waals surface area contributed by atoms with Crippen LogP contribution in [-0.2, 0) is 29.1 Å². The largest absolute Gasteiger partial charge is 0.387 e. The lowest BCUT2D eigenvalue weighted by atomic mass is 10.1. The zero-order chi connectivity index (χ0) is 22.5. The first-order valence-corrected chi connectivity index (χ1v) is 8.17. The molecule has 0 N–H and O–H groups in total. The molecule has 0 saturated heterocycles. The van der Waals surface area contributed by atoms with E-state index in [2.05, 4.69) is 19.6 Å². The van der Waals surface area contributed by atoms with Crippen LogP contribution < -0.4 is 0 Å². The second-order valence-corrected chi connectivity index (χ2v) is 5.30. The normalized spacial score (nSPS) is 9.13. The van der Waals surface area contributed by atoms with E-state index in [4.69, 9.17) is 0 Å². The van der Waals surface area contributed by atoms with Crippen LogP contribution >= 0.6 is 0 Å². The van der Waals surface area contributed by atoms with Crippen molar-refractivity contribution in [3.05, 3.63) is 70.8 Å². The molecular weight excluding hydrogens is 400 g/mol. The maximum atomic E-state index is 11.6. The van der Waals surface area contributed by atoms with E-state index in [9.17, 15) is 28.8 Å². The summed E-state index contributed by atoms with van der Waals surface area (Å²) < 4.78 is 0. The lowest BCUT2D eigenvalue weighted by molar-refractivity contribution is -0.232. The molecule has 2 rings (SSSR count). The smallest absolute Gasteiger partial charge is 0.298 e. The molecule has 0 radical (unpaired) electrons. The Labute approximate surface area is 170 Å². The van der Waals surface area contributed by atoms with Gasteiger partial charge >= 0.3 is 23.9 Å². The van der Waals surface area contributed by atoms with Crippen molar-refractivity contribution in [2.45, 2.75) is 13.8 Å². The quantitative estimate of drug-likeness (QED) is 0.414. The van der Waals surface area contributed by atoms with Gasteiger partial charge in [0.15, 0.2) is 12.6 Å². The summed E-state index contributed by atoms with van der Waals surface area (Å²) in [6, 6.07) is 12.0. The molecule has 2 aromatic rings. The van der Waals surface area contributed by atoms with Crippen molar-refractivity contribution in [3.8, 4) is 0 Å². The summed E-state index contributed by atoms with van der Waals surface area (Å²) in [7, 11) is 0. The average Bonchev–Trinajstić information content (AvgIpc) is 2.76. The molecule has 0 fully saturated rings. The lowest BCUT2D eigenvalue weighted by Crippen LogP contribution is -2.16. The molecule has 0 aliphatic carbocycles. The Morgan fingerprint density at radius 3 is 1.23 bits per heavy atom. The molecule has 0 heterocycles. The van der Waals surface area contributed by atoms with E-state index in [1.54, 1.807) is 24.3 Å². The Kier molecular flexibility index (Phi) is 9.63. The second-order valence-electron chi connectivity index (χ2n) is 5.30. The topological polar surface area (TPSA) is 139 Å². The van der Waals surface area contributed by atoms with E-state index in [0.29, 0.717) is 23.7 Å². The molecule has 0 atom stereocenters. The highest BCUT2D eigenvalue weighted by Crippen LogP contribution is 2.12. The van der Waals surface area contributed by atoms with Crippen LogP contribution in [0.2, 0.25) is 0 Å². The van der Waals surface area contributed by atoms with E-state index in [-0.39, 0.29) is 11.1 Å². The van der Waals surface area contributed by atoms with Crippen molar-refractivity contribution in [2.24, 2.45) is 0 Å². The van der Waals surface area contributed by atoms with Gasteiger partial charge in [-0.2, -0.15) is 0 Å². The lowest BCUT2D eigenvalue weighted by Gasteiger charge is -2.06. The van der Waals surface area contributed by atoms with Gasteiger partial charge in [-0.15, -0.1) is 0 Å². The predicted octanol–water partition coefficient (Wildman–Crippen LogP) is 2.27. The number of hydrogen-bond acceptors (Lipinski definition) is 10. The van der Waals surface area contributed by atoms with Crippen LogP contribution in [0.1, 0.15) is 55.3 Å². The summed E-state index contributed by atoms with van der Waals surface area (Å²) in [6.45, 7) is 2.07. The summed E-state index contributed by atoms with van der Waals surface area (Å²) >= 11 is 0. The molecule has 0 amide bonds. The van der Waals surface area contributed by atoms with E-state index in [0.717, 1.165) is 13.8 Å². The third-order valence-corrected chi connectivity index (χ3v) is 3.09. The van der Waals surface area contributed by atoms with Gasteiger partial charge in [-0.3, -0.25) is 9.59 Å². The fourth-order valence-corrected chi connectivity index (χ4v) is 1.85. The van der Waals surface area contributed by atoms with E-state index in [1.807, 2.05) is 0 Å². The maximum Gasteiger partial charge on any atom is 0.387 e. The Morgan fingerprint density at radius 1 is 0.600 bits per heavy atom. The van der Waals surface area contributed by atoms with Crippen LogP contribution in [-0.4, -0.2) is 36.4 Å². The zero-order valence-electron chi connectivity index (χ0n) is 15.9. The van der Waals surface area contributed by atoms with Gasteiger partial charge in [0.25, 0.3) is 0 Å². The number of aldehydes is 2. The molecule has 30 heavy (non-hydrogen) atoms. The maximum absolute atomic E-state index is 11.6. The van der Waals surface area contributed by atoms with Crippen molar-refractivity contribution in [1.29, 1.82) is 0 Å². The van der Waals surface area contributed by atoms with Crippen LogP contribution in [0, 0.1) is 0 Å². The molecular formula is C20H16O10. The van der Waals surface area contributed by atoms with Crippen LogP contribution in [0.25, 0.3) is 0 Å². The Morgan fingerprint density at radius 2 is 0.933 bits per heavy atom. The van der Waals surface area contributed by atoms with Crippen molar-refractivity contribution in [3.63, 3.8) is 0 Å². The molecule has 0 aromatic heterocycles. The Balaban J connectivity index is 0.000000375. The molecule has 10 heteroatoms. The summed E-state index contributed by atoms with van der Waals surface area (Å²) in [5.41, 5.74) is 0.451. The van der Waals surface area contributed by atoms with Crippen molar-refractivity contribution in [2.75, 3.05) is 0 Å². The van der Waals surface area contributed by atoms with E-state index in [1.165, 1.54) is 24.3 Å². The Hall–Kier alpha value is -4.34. The first-order chi connectivity index (χ1) is 14.3. The molecule has 0 aliphatic rings. The van der Waals surface area contributed by atoms with Gasteiger partial charge in [0.1, 0.15) is 0 Å². The molecule has 0 spiro atoms. The SMILES string of the molecule is CC(=O)OOC(=O)c1ccccc1C(=O)OOC(C)=O.O=Cc1ccccc1C=O. The summed E-state index contributed by atoms with van der Waals surface area (Å²) in [5.74, 6) is -3.82. The molecule has 0 saturated carbocycles. The molecule has 2 aromatic carbocycles. The first kappa shape index (κ1) is 23.7. The third kappa shape index (κ3) is 7.72. The summed E-state index contributed by atoms with van der Waals surface area (Å²) in [6.07, 6.45) is 1.34. The fourth-order valence-electron chi connectivity index (χ4n) is 1.85. The van der Waals surface area contributed by atoms with Gasteiger partial charge in [0.2, 0.25) is 0 Å². The van der Waals surface area contributed by atoms with Crippen LogP contribution in [0.5, 0.6) is 0 Å². The van der Waals surface area contributed by atoms with E-state index < -0.39 is 23.9 Å². The summed E-state index contributed by atoms with van der Waals surface area (Å²) in [4.78, 5) is 81.2. The van der Waals surface area contributed by atoms with Gasteiger partial charge < -0.3 is 0 Å². The monoisotopic (exact) mass is 416 g/mol. The fraction of sp³-hybridized carbons (Fsp3) is 0.100. The van der Waals surface area contributed by atoms with Crippen LogP contribution in [0.3, 0.4) is 0 Å². The standard InChI is InChI=1S/C12H10O8.C8H6O2/c1-7(13)17-19-11(15)9-5-3-4-6-10(9)12(16)20-18-8(2)14;9-5-7-3-1-2-4-8(7)6-10/h3-6H,1-2H3;1-6H. The van der Waals surface area contributed by atoms with Gasteiger partial charge in [0.05, 0.1) is 11.1 Å². The minimum absolute atomic E-state index is 0.217. The number of benzene rings is 2. The minimum atomic E-state index is -1.07. The highest BCUT2D eigenvalue weighted by molar-refractivity contribution is 6.03. The molecule has 10 nitrogen and oxygen atoms in total. The van der Waals surface area contributed by atoms with Gasteiger partial charge in [-0.05, 0) is 12.1 Å². The molecule has 0 bridgehead atoms. The second kappa shape index (κ2) is 12.2. The molecule has 0 aliphatic heterocycles. The van der Waals surface area contributed by atoms with Crippen molar-refractivity contribution >= 4 is 36.4 Å². The van der Waals surface area contributed by atoms with Crippen LogP contribution in [0.15, 0.2) is 48.5 Å². The van der Waals surface area contributed by atoms with Crippen molar-refractivity contribution in [1.82, 2.24) is 0 Å². The number of hydrogen-bond donors (Lipinski definition) is 0. The highest BCUT2D eigenvalue weighted by Gasteiger charge is 2.22. The predicted molar refractivity (Wildman–Crippen MR) is 98.0 cm³/mol. The number of rotatable bonds is 4. The van der Waals surface area contributed by atoms with Gasteiger partial charge in [-0.1, -0.05) is 36.4 Å². The first-order valence-electron chi connectivity index (χ1n) is 8.17. The van der Waals surface area contributed by atoms with Gasteiger partial charge in [-0.25, -0.2) is 38.7 Å². The molecule has 156 valence electrons. The highest BCUT2D eigenvalue weighted by atomic mass is 17.2. The van der Waals surface area contributed by atoms with Crippen molar-refractivity contribution < 1.29 is 48.3 Å². The molecule has 0 unspecified atom stereocenters. The Bertz CT molecular complexity index is 872. The van der Waals surface area contributed by atoms with Gasteiger partial charge in [0, 0.05) is 25.0 Å². The average molecular weight is 416 g/mol. The minimum Gasteiger partial charge on any atom is -0.298 e. The third-order valence-electron chi connectivity index (χ3n) is 3.09. The number of carbonyl (C=O) groups excluding carboxylic acids is 6. The van der Waals surface area contributed by atoms with E-state index >= 15 is 0 Å². The van der Waals surface area contributed by atoms with Crippen LogP contribution in [0.4, 0.5) is 0 Å².